The lowest BCUT2D eigenvalue weighted by Gasteiger charge is -2.29. The van der Waals surface area contributed by atoms with Crippen molar-refractivity contribution in [3.63, 3.8) is 0 Å². The molecule has 3 N–H and O–H groups in total. The van der Waals surface area contributed by atoms with Crippen molar-refractivity contribution in [3.8, 4) is 5.75 Å². The summed E-state index contributed by atoms with van der Waals surface area (Å²) < 4.78 is 18.4. The van der Waals surface area contributed by atoms with Crippen LogP contribution in [0, 0.1) is 0 Å². The normalized spacial score (nSPS) is 14.4. The number of hydrogen-bond acceptors (Lipinski definition) is 8. The van der Waals surface area contributed by atoms with Gasteiger partial charge < -0.3 is 39.6 Å². The smallest absolute Gasteiger partial charge is 0.408 e. The summed E-state index contributed by atoms with van der Waals surface area (Å²) in [6, 6.07) is 14.9. The zero-order valence-corrected chi connectivity index (χ0v) is 29.2. The van der Waals surface area contributed by atoms with Crippen molar-refractivity contribution in [2.45, 2.75) is 84.2 Å². The van der Waals surface area contributed by atoms with Gasteiger partial charge in [-0.3, -0.25) is 14.4 Å². The number of carbonyl (C=O) groups is 4. The van der Waals surface area contributed by atoms with E-state index in [0.29, 0.717) is 25.4 Å². The van der Waals surface area contributed by atoms with Gasteiger partial charge in [0.1, 0.15) is 29.0 Å². The molecule has 0 spiro atoms. The predicted molar refractivity (Wildman–Crippen MR) is 184 cm³/mol. The van der Waals surface area contributed by atoms with Crippen LogP contribution in [0.4, 0.5) is 10.6 Å². The van der Waals surface area contributed by atoms with Crippen LogP contribution < -0.4 is 20.7 Å². The van der Waals surface area contributed by atoms with Gasteiger partial charge in [-0.15, -0.1) is 0 Å². The molecule has 4 rings (SSSR count). The fourth-order valence-corrected chi connectivity index (χ4v) is 5.23. The maximum Gasteiger partial charge on any atom is 0.408 e. The Labute approximate surface area is 287 Å². The van der Waals surface area contributed by atoms with Crippen molar-refractivity contribution < 1.29 is 33.4 Å². The van der Waals surface area contributed by atoms with Crippen molar-refractivity contribution >= 4 is 29.6 Å². The number of likely N-dealkylation sites (tertiary alicyclic amines) is 1. The molecule has 2 atom stereocenters. The Hall–Kier alpha value is -4.91. The number of amides is 4. The Balaban J connectivity index is 1.52. The third kappa shape index (κ3) is 10.8. The highest BCUT2D eigenvalue weighted by atomic mass is 16.6. The largest absolute Gasteiger partial charge is 0.494 e. The third-order valence-corrected chi connectivity index (χ3v) is 7.71. The summed E-state index contributed by atoms with van der Waals surface area (Å²) in [7, 11) is 0. The van der Waals surface area contributed by atoms with Crippen molar-refractivity contribution in [3.05, 3.63) is 78.2 Å². The standard InChI is InChI=1S/C36H48N6O7/c1-7-48-27-17-15-26(16-18-27)30(32(44)41-19-11-12-20-41)42-21-29(37-24-42)39-31(43)28(23-47-22-25-13-9-8-10-14-25)38-33(45)36(5,6)40-34(46)49-35(2,3)4/h8-10,13-18,21,24,28,30H,7,11-12,19-20,22-23H2,1-6H3,(H,38,45)(H,39,43)(H,40,46)/t28-,30?/m1/s1. The Morgan fingerprint density at radius 2 is 1.61 bits per heavy atom. The number of alkyl carbamates (subject to hydrolysis) is 1. The molecule has 1 aliphatic rings. The van der Waals surface area contributed by atoms with Gasteiger partial charge >= 0.3 is 6.09 Å². The lowest BCUT2D eigenvalue weighted by molar-refractivity contribution is -0.132. The second-order valence-corrected chi connectivity index (χ2v) is 13.4. The summed E-state index contributed by atoms with van der Waals surface area (Å²) in [6.07, 6.45) is 4.19. The molecule has 264 valence electrons. The highest BCUT2D eigenvalue weighted by molar-refractivity contribution is 5.98. The number of nitrogens with one attached hydrogen (secondary N) is 3. The summed E-state index contributed by atoms with van der Waals surface area (Å²) in [5.41, 5.74) is -0.557. The topological polar surface area (TPSA) is 153 Å². The third-order valence-electron chi connectivity index (χ3n) is 7.71. The first-order chi connectivity index (χ1) is 23.3. The van der Waals surface area contributed by atoms with E-state index < -0.39 is 41.1 Å². The quantitative estimate of drug-likeness (QED) is 0.227. The number of rotatable bonds is 14. The number of ether oxygens (including phenoxy) is 3. The fraction of sp³-hybridized carbons (Fsp3) is 0.472. The SMILES string of the molecule is CCOc1ccc(C(C(=O)N2CCCC2)n2cnc(NC(=O)[C@@H](COCc3ccccc3)NC(=O)C(C)(C)NC(=O)OC(C)(C)C)c2)cc1. The molecule has 1 saturated heterocycles. The summed E-state index contributed by atoms with van der Waals surface area (Å²) in [6.45, 7) is 12.0. The molecule has 2 aromatic carbocycles. The molecule has 0 saturated carbocycles. The van der Waals surface area contributed by atoms with Crippen LogP contribution in [0.2, 0.25) is 0 Å². The molecule has 1 fully saturated rings. The van der Waals surface area contributed by atoms with E-state index in [1.165, 1.54) is 20.2 Å². The molecule has 4 amide bonds. The number of anilines is 1. The molecule has 49 heavy (non-hydrogen) atoms. The maximum absolute atomic E-state index is 13.8. The summed E-state index contributed by atoms with van der Waals surface area (Å²) in [4.78, 5) is 59.5. The first-order valence-corrected chi connectivity index (χ1v) is 16.6. The Bertz CT molecular complexity index is 1560. The molecule has 1 aromatic heterocycles. The number of nitrogens with zero attached hydrogens (tertiary/aromatic N) is 3. The lowest BCUT2D eigenvalue weighted by atomic mass is 10.0. The Kier molecular flexibility index (Phi) is 12.4. The summed E-state index contributed by atoms with van der Waals surface area (Å²) in [5, 5.41) is 8.02. The molecule has 0 bridgehead atoms. The van der Waals surface area contributed by atoms with E-state index in [2.05, 4.69) is 20.9 Å². The van der Waals surface area contributed by atoms with Crippen LogP contribution in [0.1, 0.15) is 71.6 Å². The molecule has 2 heterocycles. The number of aromatic nitrogens is 2. The average Bonchev–Trinajstić information content (AvgIpc) is 3.74. The van der Waals surface area contributed by atoms with Gasteiger partial charge in [0.25, 0.3) is 5.91 Å². The molecular formula is C36H48N6O7. The van der Waals surface area contributed by atoms with Crippen molar-refractivity contribution in [2.24, 2.45) is 0 Å². The van der Waals surface area contributed by atoms with Gasteiger partial charge in [-0.25, -0.2) is 9.78 Å². The van der Waals surface area contributed by atoms with Gasteiger partial charge in [-0.2, -0.15) is 0 Å². The van der Waals surface area contributed by atoms with E-state index in [0.717, 1.165) is 24.0 Å². The van der Waals surface area contributed by atoms with Gasteiger partial charge in [-0.1, -0.05) is 42.5 Å². The van der Waals surface area contributed by atoms with Crippen molar-refractivity contribution in [1.29, 1.82) is 0 Å². The van der Waals surface area contributed by atoms with Crippen LogP contribution in [0.25, 0.3) is 0 Å². The highest BCUT2D eigenvalue weighted by Crippen LogP contribution is 2.26. The van der Waals surface area contributed by atoms with Crippen LogP contribution >= 0.6 is 0 Å². The summed E-state index contributed by atoms with van der Waals surface area (Å²) >= 11 is 0. The fourth-order valence-electron chi connectivity index (χ4n) is 5.23. The van der Waals surface area contributed by atoms with Gasteiger partial charge in [0.15, 0.2) is 5.82 Å². The molecule has 0 aliphatic carbocycles. The van der Waals surface area contributed by atoms with Crippen LogP contribution in [-0.4, -0.2) is 81.8 Å². The first-order valence-electron chi connectivity index (χ1n) is 16.6. The minimum Gasteiger partial charge on any atom is -0.494 e. The van der Waals surface area contributed by atoms with Crippen LogP contribution in [-0.2, 0) is 30.5 Å². The first kappa shape index (κ1) is 36.9. The van der Waals surface area contributed by atoms with E-state index >= 15 is 0 Å². The second-order valence-electron chi connectivity index (χ2n) is 13.4. The molecule has 13 nitrogen and oxygen atoms in total. The number of hydrogen-bond donors (Lipinski definition) is 3. The minimum absolute atomic E-state index is 0.0730. The maximum atomic E-state index is 13.8. The van der Waals surface area contributed by atoms with Crippen LogP contribution in [0.15, 0.2) is 67.1 Å². The minimum atomic E-state index is -1.43. The second kappa shape index (κ2) is 16.5. The molecule has 1 aliphatic heterocycles. The highest BCUT2D eigenvalue weighted by Gasteiger charge is 2.35. The lowest BCUT2D eigenvalue weighted by Crippen LogP contribution is -2.59. The molecule has 1 unspecified atom stereocenters. The average molecular weight is 677 g/mol. The van der Waals surface area contributed by atoms with Gasteiger partial charge in [0, 0.05) is 19.3 Å². The van der Waals surface area contributed by atoms with Crippen molar-refractivity contribution in [1.82, 2.24) is 25.1 Å². The van der Waals surface area contributed by atoms with E-state index in [-0.39, 0.29) is 24.9 Å². The number of benzene rings is 2. The van der Waals surface area contributed by atoms with E-state index in [4.69, 9.17) is 14.2 Å². The van der Waals surface area contributed by atoms with Crippen LogP contribution in [0.3, 0.4) is 0 Å². The van der Waals surface area contributed by atoms with Gasteiger partial charge in [-0.05, 0) is 77.6 Å². The Morgan fingerprint density at radius 3 is 2.24 bits per heavy atom. The predicted octanol–water partition coefficient (Wildman–Crippen LogP) is 4.44. The summed E-state index contributed by atoms with van der Waals surface area (Å²) in [5.74, 6) is -0.411. The molecule has 3 aromatic rings. The Morgan fingerprint density at radius 1 is 0.939 bits per heavy atom. The molecule has 0 radical (unpaired) electrons. The number of carbonyl (C=O) groups excluding carboxylic acids is 4. The van der Waals surface area contributed by atoms with E-state index in [9.17, 15) is 19.2 Å². The van der Waals surface area contributed by atoms with Gasteiger partial charge in [0.2, 0.25) is 11.8 Å². The zero-order valence-electron chi connectivity index (χ0n) is 29.2. The molecule has 13 heteroatoms. The zero-order chi connectivity index (χ0) is 35.6. The van der Waals surface area contributed by atoms with Crippen molar-refractivity contribution in [2.75, 3.05) is 31.6 Å². The van der Waals surface area contributed by atoms with E-state index in [1.54, 1.807) is 31.5 Å². The monoisotopic (exact) mass is 676 g/mol. The van der Waals surface area contributed by atoms with E-state index in [1.807, 2.05) is 66.4 Å². The number of imidazole rings is 1. The van der Waals surface area contributed by atoms with Crippen LogP contribution in [0.5, 0.6) is 5.75 Å². The molecular weight excluding hydrogens is 628 g/mol. The van der Waals surface area contributed by atoms with Gasteiger partial charge in [0.05, 0.1) is 26.1 Å².